The molecule has 0 radical (unpaired) electrons. The van der Waals surface area contributed by atoms with Crippen molar-refractivity contribution in [1.29, 1.82) is 0 Å². The molecule has 2 saturated heterocycles. The maximum absolute atomic E-state index is 4.71. The van der Waals surface area contributed by atoms with Crippen molar-refractivity contribution in [3.05, 3.63) is 12.7 Å². The summed E-state index contributed by atoms with van der Waals surface area (Å²) in [5.74, 6) is 1.40. The Labute approximate surface area is 130 Å². The maximum atomic E-state index is 4.71. The molecule has 124 valence electrons. The van der Waals surface area contributed by atoms with Crippen LogP contribution in [-0.4, -0.2) is 23.7 Å². The highest BCUT2D eigenvalue weighted by Crippen LogP contribution is 2.28. The van der Waals surface area contributed by atoms with Crippen molar-refractivity contribution in [2.24, 2.45) is 0 Å². The number of epoxide rings is 1. The van der Waals surface area contributed by atoms with Gasteiger partial charge in [0.05, 0.1) is 12.7 Å². The molecule has 0 aliphatic carbocycles. The van der Waals surface area contributed by atoms with Gasteiger partial charge in [0.25, 0.3) is 0 Å². The highest BCUT2D eigenvalue weighted by atomic mass is 32.2. The average Bonchev–Trinajstić information content (AvgIpc) is 3.30. The van der Waals surface area contributed by atoms with Gasteiger partial charge < -0.3 is 4.74 Å². The third kappa shape index (κ3) is 127. The molecule has 0 bridgehead atoms. The molecule has 19 heavy (non-hydrogen) atoms. The van der Waals surface area contributed by atoms with Crippen LogP contribution in [0.2, 0.25) is 0 Å². The van der Waals surface area contributed by atoms with Crippen molar-refractivity contribution in [1.82, 2.24) is 0 Å². The fourth-order valence-electron chi connectivity index (χ4n) is 0.192. The van der Waals surface area contributed by atoms with Crippen molar-refractivity contribution in [3.63, 3.8) is 0 Å². The molecule has 0 spiro atoms. The molecule has 2 atom stereocenters. The molecule has 2 heteroatoms. The van der Waals surface area contributed by atoms with Gasteiger partial charge in [0.2, 0.25) is 0 Å². The lowest BCUT2D eigenvalue weighted by molar-refractivity contribution is 0.423. The fraction of sp³-hybridized carbons (Fsp3) is 0.882. The van der Waals surface area contributed by atoms with Crippen molar-refractivity contribution in [2.75, 3.05) is 12.4 Å². The van der Waals surface area contributed by atoms with Gasteiger partial charge in [-0.05, 0) is 13.8 Å². The number of allylic oxidation sites excluding steroid dienone is 1. The van der Waals surface area contributed by atoms with E-state index in [0.29, 0.717) is 6.10 Å². The number of rotatable bonds is 0. The second-order valence-corrected chi connectivity index (χ2v) is 4.17. The first-order chi connectivity index (χ1) is 8.20. The zero-order valence-electron chi connectivity index (χ0n) is 13.7. The molecule has 1 nitrogen and oxygen atoms in total. The van der Waals surface area contributed by atoms with E-state index in [1.807, 2.05) is 60.2 Å². The van der Waals surface area contributed by atoms with E-state index in [0.717, 1.165) is 11.9 Å². The predicted octanol–water partition coefficient (Wildman–Crippen LogP) is 7.07. The largest absolute Gasteiger partial charge is 0.373 e. The Bertz CT molecular complexity index is 87.4. The minimum atomic E-state index is 0. The number of hydrogen-bond donors (Lipinski definition) is 0. The van der Waals surface area contributed by atoms with Crippen LogP contribution in [0.25, 0.3) is 0 Å². The Hall–Kier alpha value is 0.0500. The Morgan fingerprint density at radius 1 is 1.00 bits per heavy atom. The first-order valence-corrected chi connectivity index (χ1v) is 8.05. The van der Waals surface area contributed by atoms with E-state index in [2.05, 4.69) is 20.4 Å². The average molecular weight is 297 g/mol. The zero-order valence-corrected chi connectivity index (χ0v) is 14.5. The Morgan fingerprint density at radius 3 is 1.11 bits per heavy atom. The molecule has 0 aromatic rings. The van der Waals surface area contributed by atoms with E-state index >= 15 is 0 Å². The summed E-state index contributed by atoms with van der Waals surface area (Å²) in [6.45, 7) is 22.5. The third-order valence-corrected chi connectivity index (χ3v) is 2.00. The standard InChI is InChI=1S/C3H6O.C3H6S.C3H6.3C2H6.2CH4/c2*1-3-2-4-3;1-3-2;3*1-2;;/h2*3H,2H2,1H3;3H,1H2,2H3;3*1-2H3;2*1H4. The molecular formula is C17H44OS. The predicted molar refractivity (Wildman–Crippen MR) is 101 cm³/mol. The van der Waals surface area contributed by atoms with E-state index in [-0.39, 0.29) is 14.9 Å². The number of thioether (sulfide) groups is 1. The van der Waals surface area contributed by atoms with Crippen molar-refractivity contribution in [3.8, 4) is 0 Å². The van der Waals surface area contributed by atoms with Crippen molar-refractivity contribution < 1.29 is 4.74 Å². The molecule has 0 N–H and O–H groups in total. The van der Waals surface area contributed by atoms with Crippen LogP contribution in [-0.2, 0) is 4.74 Å². The van der Waals surface area contributed by atoms with Gasteiger partial charge in [-0.25, -0.2) is 0 Å². The Balaban J connectivity index is -0.0000000271. The summed E-state index contributed by atoms with van der Waals surface area (Å²) in [4.78, 5) is 0. The molecule has 2 aliphatic rings. The number of ether oxygens (including phenoxy) is 1. The van der Waals surface area contributed by atoms with Crippen LogP contribution in [0.5, 0.6) is 0 Å². The van der Waals surface area contributed by atoms with Gasteiger partial charge in [0.15, 0.2) is 0 Å². The van der Waals surface area contributed by atoms with Gasteiger partial charge in [-0.15, -0.1) is 6.58 Å². The lowest BCUT2D eigenvalue weighted by Gasteiger charge is -1.51. The van der Waals surface area contributed by atoms with Crippen molar-refractivity contribution >= 4 is 11.8 Å². The summed E-state index contributed by atoms with van der Waals surface area (Å²) < 4.78 is 4.71. The molecule has 0 aromatic carbocycles. The minimum Gasteiger partial charge on any atom is -0.373 e. The second kappa shape index (κ2) is 43.0. The van der Waals surface area contributed by atoms with Crippen LogP contribution in [0.1, 0.15) is 77.2 Å². The molecule has 2 fully saturated rings. The van der Waals surface area contributed by atoms with E-state index in [9.17, 15) is 0 Å². The maximum Gasteiger partial charge on any atom is 0.0781 e. The quantitative estimate of drug-likeness (QED) is 0.350. The zero-order chi connectivity index (χ0) is 14.7. The summed E-state index contributed by atoms with van der Waals surface area (Å²) >= 11 is 2.02. The van der Waals surface area contributed by atoms with Gasteiger partial charge >= 0.3 is 0 Å². The fourth-order valence-corrected chi connectivity index (χ4v) is 0.385. The van der Waals surface area contributed by atoms with Gasteiger partial charge in [-0.1, -0.05) is 69.4 Å². The molecule has 2 aliphatic heterocycles. The number of hydrogen-bond acceptors (Lipinski definition) is 2. The highest BCUT2D eigenvalue weighted by molar-refractivity contribution is 8.06. The lowest BCUT2D eigenvalue weighted by atomic mass is 10.6. The SMILES string of the molecule is C.C.C=CC.CC.CC.CC.CC1CO1.CC1CS1. The van der Waals surface area contributed by atoms with Crippen LogP contribution in [0.4, 0.5) is 0 Å². The molecule has 0 saturated carbocycles. The van der Waals surface area contributed by atoms with Gasteiger partial charge in [0.1, 0.15) is 0 Å². The summed E-state index contributed by atoms with van der Waals surface area (Å²) in [5, 5.41) is 1.000. The lowest BCUT2D eigenvalue weighted by Crippen LogP contribution is -1.60. The second-order valence-electron chi connectivity index (χ2n) is 2.70. The van der Waals surface area contributed by atoms with Crippen LogP contribution < -0.4 is 0 Å². The van der Waals surface area contributed by atoms with Crippen molar-refractivity contribution in [2.45, 2.75) is 88.5 Å². The molecule has 2 unspecified atom stereocenters. The smallest absolute Gasteiger partial charge is 0.0781 e. The molecule has 0 amide bonds. The normalized spacial score (nSPS) is 18.4. The topological polar surface area (TPSA) is 12.5 Å². The molecule has 2 heterocycles. The third-order valence-electron chi connectivity index (χ3n) is 1.00. The monoisotopic (exact) mass is 296 g/mol. The van der Waals surface area contributed by atoms with Crippen LogP contribution in [0.15, 0.2) is 12.7 Å². The van der Waals surface area contributed by atoms with E-state index < -0.39 is 0 Å². The van der Waals surface area contributed by atoms with Crippen LogP contribution >= 0.6 is 11.8 Å². The molecule has 2 rings (SSSR count). The molecular weight excluding hydrogens is 252 g/mol. The van der Waals surface area contributed by atoms with E-state index in [1.165, 1.54) is 5.75 Å². The summed E-state index contributed by atoms with van der Waals surface area (Å²) in [5.41, 5.74) is 0. The first-order valence-electron chi connectivity index (χ1n) is 7.01. The van der Waals surface area contributed by atoms with Gasteiger partial charge in [0, 0.05) is 11.0 Å². The molecule has 0 aromatic heterocycles. The van der Waals surface area contributed by atoms with Crippen LogP contribution in [0, 0.1) is 0 Å². The minimum absolute atomic E-state index is 0. The first kappa shape index (κ1) is 36.4. The Kier molecular flexibility index (Phi) is 82.4. The Morgan fingerprint density at radius 2 is 1.11 bits per heavy atom. The summed E-state index contributed by atoms with van der Waals surface area (Å²) in [6, 6.07) is 0. The van der Waals surface area contributed by atoms with Gasteiger partial charge in [-0.2, -0.15) is 11.8 Å². The van der Waals surface area contributed by atoms with Crippen LogP contribution in [0.3, 0.4) is 0 Å². The highest BCUT2D eigenvalue weighted by Gasteiger charge is 2.13. The van der Waals surface area contributed by atoms with Gasteiger partial charge in [-0.3, -0.25) is 0 Å². The summed E-state index contributed by atoms with van der Waals surface area (Å²) in [7, 11) is 0. The summed E-state index contributed by atoms with van der Waals surface area (Å²) in [6.07, 6.45) is 2.33. The van der Waals surface area contributed by atoms with E-state index in [4.69, 9.17) is 4.74 Å². The van der Waals surface area contributed by atoms with E-state index in [1.54, 1.807) is 6.08 Å².